The molecule has 2 aromatic rings. The zero-order chi connectivity index (χ0) is 21.1. The zero-order valence-electron chi connectivity index (χ0n) is 16.8. The fraction of sp³-hybridized carbons (Fsp3) is 0.476. The molecule has 1 fully saturated rings. The van der Waals surface area contributed by atoms with Gasteiger partial charge in [-0.2, -0.15) is 0 Å². The van der Waals surface area contributed by atoms with Gasteiger partial charge in [0.05, 0.1) is 11.8 Å². The van der Waals surface area contributed by atoms with Crippen LogP contribution in [0.4, 0.5) is 4.39 Å². The average molecular weight is 403 g/mol. The summed E-state index contributed by atoms with van der Waals surface area (Å²) in [6.45, 7) is 5.87. The first-order chi connectivity index (χ1) is 13.8. The largest absolute Gasteiger partial charge is 0.391 e. The summed E-state index contributed by atoms with van der Waals surface area (Å²) in [7, 11) is 0. The van der Waals surface area contributed by atoms with E-state index in [9.17, 15) is 19.1 Å². The first-order valence-electron chi connectivity index (χ1n) is 9.70. The second-order valence-corrected chi connectivity index (χ2v) is 7.83. The second kappa shape index (κ2) is 8.73. The van der Waals surface area contributed by atoms with E-state index in [-0.39, 0.29) is 43.1 Å². The molecule has 0 saturated carbocycles. The molecule has 1 aliphatic heterocycles. The number of β-amino-alcohol motifs (C(OH)–C–C–N with tert-alkyl or cyclic N) is 1. The smallest absolute Gasteiger partial charge is 0.243 e. The minimum atomic E-state index is -0.775. The van der Waals surface area contributed by atoms with E-state index in [4.69, 9.17) is 4.52 Å². The van der Waals surface area contributed by atoms with Crippen molar-refractivity contribution in [3.63, 3.8) is 0 Å². The number of halogens is 1. The molecule has 3 atom stereocenters. The molecule has 0 unspecified atom stereocenters. The topological polar surface area (TPSA) is 95.7 Å². The molecule has 29 heavy (non-hydrogen) atoms. The number of hydrogen-bond acceptors (Lipinski definition) is 5. The Hall–Kier alpha value is -2.74. The van der Waals surface area contributed by atoms with Crippen molar-refractivity contribution >= 4 is 11.8 Å². The lowest BCUT2D eigenvalue weighted by Gasteiger charge is -2.28. The first-order valence-corrected chi connectivity index (χ1v) is 9.70. The Morgan fingerprint density at radius 3 is 2.62 bits per heavy atom. The van der Waals surface area contributed by atoms with E-state index in [0.29, 0.717) is 11.5 Å². The van der Waals surface area contributed by atoms with Crippen LogP contribution in [0.5, 0.6) is 0 Å². The van der Waals surface area contributed by atoms with Crippen LogP contribution in [0.25, 0.3) is 0 Å². The lowest BCUT2D eigenvalue weighted by Crippen LogP contribution is -2.48. The van der Waals surface area contributed by atoms with E-state index >= 15 is 0 Å². The molecule has 7 nitrogen and oxygen atoms in total. The van der Waals surface area contributed by atoms with Crippen molar-refractivity contribution in [2.75, 3.05) is 6.54 Å². The van der Waals surface area contributed by atoms with Gasteiger partial charge in [0, 0.05) is 25.6 Å². The number of aromatic nitrogens is 1. The number of aliphatic hydroxyl groups is 1. The predicted octanol–water partition coefficient (Wildman–Crippen LogP) is 2.14. The highest BCUT2D eigenvalue weighted by Crippen LogP contribution is 2.31. The maximum Gasteiger partial charge on any atom is 0.243 e. The molecule has 3 rings (SSSR count). The van der Waals surface area contributed by atoms with Gasteiger partial charge in [0.1, 0.15) is 23.5 Å². The van der Waals surface area contributed by atoms with Crippen LogP contribution >= 0.6 is 0 Å². The van der Waals surface area contributed by atoms with Gasteiger partial charge in [-0.15, -0.1) is 0 Å². The SMILES string of the molecule is Cc1cc([C@H](C(=O)N2C[C@H](O)C[C@H]2C(=O)NCc2ccc(F)cc2)C(C)C)on1. The highest BCUT2D eigenvalue weighted by atomic mass is 19.1. The second-order valence-electron chi connectivity index (χ2n) is 7.83. The Bertz CT molecular complexity index is 865. The van der Waals surface area contributed by atoms with Crippen LogP contribution in [-0.2, 0) is 16.1 Å². The van der Waals surface area contributed by atoms with Crippen LogP contribution in [0.3, 0.4) is 0 Å². The lowest BCUT2D eigenvalue weighted by atomic mass is 9.91. The minimum absolute atomic E-state index is 0.0736. The average Bonchev–Trinajstić information content (AvgIpc) is 3.26. The summed E-state index contributed by atoms with van der Waals surface area (Å²) < 4.78 is 18.3. The van der Waals surface area contributed by atoms with Crippen molar-refractivity contribution in [2.45, 2.75) is 51.8 Å². The molecule has 0 aliphatic carbocycles. The maximum absolute atomic E-state index is 13.3. The molecular formula is C21H26FN3O4. The van der Waals surface area contributed by atoms with Gasteiger partial charge in [-0.25, -0.2) is 4.39 Å². The molecule has 156 valence electrons. The molecule has 0 radical (unpaired) electrons. The summed E-state index contributed by atoms with van der Waals surface area (Å²) in [5.41, 5.74) is 1.42. The molecule has 0 spiro atoms. The van der Waals surface area contributed by atoms with Gasteiger partial charge in [0.15, 0.2) is 0 Å². The Morgan fingerprint density at radius 2 is 2.03 bits per heavy atom. The first kappa shape index (κ1) is 21.0. The van der Waals surface area contributed by atoms with Crippen molar-refractivity contribution in [1.82, 2.24) is 15.4 Å². The summed E-state index contributed by atoms with van der Waals surface area (Å²) in [4.78, 5) is 27.5. The van der Waals surface area contributed by atoms with Gasteiger partial charge in [0.25, 0.3) is 0 Å². The van der Waals surface area contributed by atoms with E-state index in [1.165, 1.54) is 17.0 Å². The van der Waals surface area contributed by atoms with E-state index in [1.807, 2.05) is 13.8 Å². The van der Waals surface area contributed by atoms with Crippen molar-refractivity contribution in [3.05, 3.63) is 53.2 Å². The number of nitrogens with one attached hydrogen (secondary N) is 1. The van der Waals surface area contributed by atoms with Gasteiger partial charge in [-0.1, -0.05) is 31.1 Å². The third-order valence-electron chi connectivity index (χ3n) is 5.13. The van der Waals surface area contributed by atoms with E-state index in [1.54, 1.807) is 25.1 Å². The van der Waals surface area contributed by atoms with Gasteiger partial charge >= 0.3 is 0 Å². The zero-order valence-corrected chi connectivity index (χ0v) is 16.8. The van der Waals surface area contributed by atoms with Crippen LogP contribution < -0.4 is 5.32 Å². The third kappa shape index (κ3) is 4.82. The molecule has 2 N–H and O–H groups in total. The van der Waals surface area contributed by atoms with Gasteiger partial charge in [-0.3, -0.25) is 9.59 Å². The van der Waals surface area contributed by atoms with Crippen molar-refractivity contribution in [2.24, 2.45) is 5.92 Å². The van der Waals surface area contributed by atoms with Crippen LogP contribution in [0.2, 0.25) is 0 Å². The normalized spacial score (nSPS) is 20.1. The van der Waals surface area contributed by atoms with E-state index in [2.05, 4.69) is 10.5 Å². The summed E-state index contributed by atoms with van der Waals surface area (Å²) in [6.07, 6.45) is -0.605. The number of benzene rings is 1. The third-order valence-corrected chi connectivity index (χ3v) is 5.13. The molecule has 8 heteroatoms. The highest BCUT2D eigenvalue weighted by Gasteiger charge is 2.43. The predicted molar refractivity (Wildman–Crippen MR) is 103 cm³/mol. The quantitative estimate of drug-likeness (QED) is 0.771. The lowest BCUT2D eigenvalue weighted by molar-refractivity contribution is -0.141. The van der Waals surface area contributed by atoms with Gasteiger partial charge in [0.2, 0.25) is 11.8 Å². The minimum Gasteiger partial charge on any atom is -0.391 e. The Balaban J connectivity index is 1.73. The molecular weight excluding hydrogens is 377 g/mol. The number of nitrogens with zero attached hydrogens (tertiary/aromatic N) is 2. The van der Waals surface area contributed by atoms with Crippen molar-refractivity contribution in [3.8, 4) is 0 Å². The van der Waals surface area contributed by atoms with Crippen molar-refractivity contribution < 1.29 is 23.6 Å². The monoisotopic (exact) mass is 403 g/mol. The maximum atomic E-state index is 13.3. The van der Waals surface area contributed by atoms with Crippen LogP contribution in [0, 0.1) is 18.7 Å². The molecule has 2 heterocycles. The molecule has 1 aliphatic rings. The number of rotatable bonds is 6. The van der Waals surface area contributed by atoms with Crippen LogP contribution in [-0.4, -0.2) is 45.7 Å². The number of carbonyl (C=O) groups excluding carboxylic acids is 2. The van der Waals surface area contributed by atoms with Crippen LogP contribution in [0.15, 0.2) is 34.9 Å². The molecule has 0 bridgehead atoms. The van der Waals surface area contributed by atoms with Crippen LogP contribution in [0.1, 0.15) is 43.2 Å². The molecule has 1 saturated heterocycles. The summed E-state index contributed by atoms with van der Waals surface area (Å²) in [5.74, 6) is -1.18. The number of aryl methyl sites for hydroxylation is 1. The standard InChI is InChI=1S/C21H26FN3O4/c1-12(2)19(18-8-13(3)24-29-18)21(28)25-11-16(26)9-17(25)20(27)23-10-14-4-6-15(22)7-5-14/h4-8,12,16-17,19,26H,9-11H2,1-3H3,(H,23,27)/t16-,17+,19-/m1/s1. The number of aliphatic hydroxyl groups excluding tert-OH is 1. The molecule has 1 aromatic heterocycles. The number of likely N-dealkylation sites (tertiary alicyclic amines) is 1. The Morgan fingerprint density at radius 1 is 1.34 bits per heavy atom. The number of amides is 2. The summed E-state index contributed by atoms with van der Waals surface area (Å²) in [5, 5.41) is 16.8. The highest BCUT2D eigenvalue weighted by molar-refractivity contribution is 5.91. The molecule has 1 aromatic carbocycles. The summed E-state index contributed by atoms with van der Waals surface area (Å²) >= 11 is 0. The Labute approximate surface area is 168 Å². The summed E-state index contributed by atoms with van der Waals surface area (Å²) in [6, 6.07) is 6.76. The van der Waals surface area contributed by atoms with Crippen molar-refractivity contribution in [1.29, 1.82) is 0 Å². The fourth-order valence-electron chi connectivity index (χ4n) is 3.66. The van der Waals surface area contributed by atoms with E-state index < -0.39 is 18.1 Å². The number of carbonyl (C=O) groups is 2. The van der Waals surface area contributed by atoms with Gasteiger partial charge < -0.3 is 19.8 Å². The fourth-order valence-corrected chi connectivity index (χ4v) is 3.66. The van der Waals surface area contributed by atoms with E-state index in [0.717, 1.165) is 5.56 Å². The number of hydrogen-bond donors (Lipinski definition) is 2. The Kier molecular flexibility index (Phi) is 6.32. The van der Waals surface area contributed by atoms with Gasteiger partial charge in [-0.05, 0) is 30.5 Å². The molecule has 2 amide bonds.